The number of aryl methyl sites for hydroxylation is 1. The van der Waals surface area contributed by atoms with Crippen LogP contribution in [-0.2, 0) is 0 Å². The highest BCUT2D eigenvalue weighted by atomic mass is 35.5. The van der Waals surface area contributed by atoms with Crippen molar-refractivity contribution in [3.05, 3.63) is 51.3 Å². The Kier molecular flexibility index (Phi) is 4.64. The Balaban J connectivity index is 2.44. The molecule has 2 aromatic carbocycles. The van der Waals surface area contributed by atoms with E-state index in [0.29, 0.717) is 16.5 Å². The van der Waals surface area contributed by atoms with Crippen molar-refractivity contribution in [2.24, 2.45) is 0 Å². The Morgan fingerprint density at radius 1 is 1.05 bits per heavy atom. The van der Waals surface area contributed by atoms with Crippen LogP contribution in [0.3, 0.4) is 0 Å². The van der Waals surface area contributed by atoms with Crippen molar-refractivity contribution in [1.29, 1.82) is 0 Å². The van der Waals surface area contributed by atoms with E-state index in [1.165, 1.54) is 6.07 Å². The third kappa shape index (κ3) is 3.42. The second-order valence-electron chi connectivity index (χ2n) is 5.20. The van der Waals surface area contributed by atoms with Crippen LogP contribution in [-0.4, -0.2) is 0 Å². The molecule has 0 spiro atoms. The van der Waals surface area contributed by atoms with Gasteiger partial charge in [-0.05, 0) is 36.1 Å². The van der Waals surface area contributed by atoms with Crippen LogP contribution in [0.15, 0.2) is 24.3 Å². The van der Waals surface area contributed by atoms with Gasteiger partial charge in [0.1, 0.15) is 11.6 Å². The maximum absolute atomic E-state index is 13.3. The molecular formula is C16H16Cl2FNO. The molecule has 0 bridgehead atoms. The number of hydrogen-bond acceptors (Lipinski definition) is 2. The first-order valence-corrected chi connectivity index (χ1v) is 7.27. The summed E-state index contributed by atoms with van der Waals surface area (Å²) in [7, 11) is 0. The number of ether oxygens (including phenoxy) is 1. The summed E-state index contributed by atoms with van der Waals surface area (Å²) in [5.41, 5.74) is 7.80. The molecule has 0 saturated carbocycles. The summed E-state index contributed by atoms with van der Waals surface area (Å²) < 4.78 is 19.1. The molecule has 2 aromatic rings. The zero-order chi connectivity index (χ0) is 15.7. The van der Waals surface area contributed by atoms with E-state index in [1.807, 2.05) is 32.9 Å². The van der Waals surface area contributed by atoms with Gasteiger partial charge in [-0.25, -0.2) is 4.39 Å². The van der Waals surface area contributed by atoms with E-state index in [-0.39, 0.29) is 16.6 Å². The summed E-state index contributed by atoms with van der Waals surface area (Å²) in [5.74, 6) is 0.630. The number of hydrogen-bond donors (Lipinski definition) is 1. The lowest BCUT2D eigenvalue weighted by Crippen LogP contribution is -1.97. The highest BCUT2D eigenvalue weighted by molar-refractivity contribution is 6.31. The molecule has 2 N–H and O–H groups in total. The van der Waals surface area contributed by atoms with Gasteiger partial charge in [0.15, 0.2) is 5.75 Å². The fourth-order valence-corrected chi connectivity index (χ4v) is 2.56. The minimum Gasteiger partial charge on any atom is -0.455 e. The highest BCUT2D eigenvalue weighted by Gasteiger charge is 2.13. The van der Waals surface area contributed by atoms with Gasteiger partial charge in [-0.1, -0.05) is 37.0 Å². The van der Waals surface area contributed by atoms with E-state index in [9.17, 15) is 4.39 Å². The first-order valence-electron chi connectivity index (χ1n) is 6.52. The van der Waals surface area contributed by atoms with Crippen LogP contribution in [0.5, 0.6) is 11.5 Å². The van der Waals surface area contributed by atoms with Crippen molar-refractivity contribution < 1.29 is 9.13 Å². The third-order valence-corrected chi connectivity index (χ3v) is 3.81. The van der Waals surface area contributed by atoms with Gasteiger partial charge in [-0.15, -0.1) is 0 Å². The summed E-state index contributed by atoms with van der Waals surface area (Å²) in [4.78, 5) is 0. The Morgan fingerprint density at radius 3 is 2.33 bits per heavy atom. The smallest absolute Gasteiger partial charge is 0.152 e. The molecule has 0 aliphatic heterocycles. The van der Waals surface area contributed by atoms with Crippen molar-refractivity contribution >= 4 is 28.9 Å². The van der Waals surface area contributed by atoms with Crippen molar-refractivity contribution in [3.8, 4) is 11.5 Å². The van der Waals surface area contributed by atoms with Gasteiger partial charge in [-0.3, -0.25) is 0 Å². The Morgan fingerprint density at radius 2 is 1.71 bits per heavy atom. The second kappa shape index (κ2) is 6.12. The fraction of sp³-hybridized carbons (Fsp3) is 0.250. The summed E-state index contributed by atoms with van der Waals surface area (Å²) in [6.45, 7) is 5.97. The van der Waals surface area contributed by atoms with Crippen molar-refractivity contribution in [2.45, 2.75) is 26.7 Å². The molecular weight excluding hydrogens is 312 g/mol. The van der Waals surface area contributed by atoms with Crippen molar-refractivity contribution in [3.63, 3.8) is 0 Å². The molecule has 5 heteroatoms. The average molecular weight is 328 g/mol. The summed E-state index contributed by atoms with van der Waals surface area (Å²) in [5, 5.41) is 0.662. The van der Waals surface area contributed by atoms with Gasteiger partial charge >= 0.3 is 0 Å². The van der Waals surface area contributed by atoms with E-state index < -0.39 is 5.82 Å². The molecule has 112 valence electrons. The maximum atomic E-state index is 13.3. The van der Waals surface area contributed by atoms with E-state index in [2.05, 4.69) is 0 Å². The number of halogens is 3. The summed E-state index contributed by atoms with van der Waals surface area (Å²) >= 11 is 12.0. The minimum absolute atomic E-state index is 0.0325. The minimum atomic E-state index is -0.572. The number of benzene rings is 2. The Bertz CT molecular complexity index is 686. The predicted molar refractivity (Wildman–Crippen MR) is 86.2 cm³/mol. The van der Waals surface area contributed by atoms with Gasteiger partial charge in [0, 0.05) is 17.2 Å². The molecule has 0 heterocycles. The molecule has 0 saturated heterocycles. The van der Waals surface area contributed by atoms with Crippen LogP contribution in [0.25, 0.3) is 0 Å². The monoisotopic (exact) mass is 327 g/mol. The van der Waals surface area contributed by atoms with Gasteiger partial charge < -0.3 is 10.5 Å². The summed E-state index contributed by atoms with van der Waals surface area (Å²) in [6, 6.07) is 6.23. The third-order valence-electron chi connectivity index (χ3n) is 3.19. The van der Waals surface area contributed by atoms with Crippen molar-refractivity contribution in [2.75, 3.05) is 5.73 Å². The van der Waals surface area contributed by atoms with E-state index in [0.717, 1.165) is 17.2 Å². The van der Waals surface area contributed by atoms with Crippen molar-refractivity contribution in [1.82, 2.24) is 0 Å². The molecule has 0 aromatic heterocycles. The van der Waals surface area contributed by atoms with Gasteiger partial charge in [0.05, 0.1) is 10.7 Å². The van der Waals surface area contributed by atoms with Crippen LogP contribution in [0.1, 0.15) is 30.9 Å². The Hall–Kier alpha value is -1.45. The van der Waals surface area contributed by atoms with Gasteiger partial charge in [-0.2, -0.15) is 0 Å². The largest absolute Gasteiger partial charge is 0.455 e. The molecule has 0 aliphatic rings. The van der Waals surface area contributed by atoms with Crippen LogP contribution in [0.4, 0.5) is 10.1 Å². The molecule has 0 fully saturated rings. The number of rotatable bonds is 3. The van der Waals surface area contributed by atoms with Crippen LogP contribution < -0.4 is 10.5 Å². The SMILES string of the molecule is Cc1cc(Cl)c(C(C)C)cc1Oc1cc(Cl)c(F)cc1N. The molecule has 2 rings (SSSR count). The topological polar surface area (TPSA) is 35.2 Å². The maximum Gasteiger partial charge on any atom is 0.152 e. The average Bonchev–Trinajstić information content (AvgIpc) is 2.38. The molecule has 0 amide bonds. The number of nitrogen functional groups attached to an aromatic ring is 1. The molecule has 0 aliphatic carbocycles. The zero-order valence-electron chi connectivity index (χ0n) is 12.0. The molecule has 0 unspecified atom stereocenters. The fourth-order valence-electron chi connectivity index (χ4n) is 1.97. The van der Waals surface area contributed by atoms with E-state index >= 15 is 0 Å². The lowest BCUT2D eigenvalue weighted by atomic mass is 10.0. The van der Waals surface area contributed by atoms with Crippen LogP contribution >= 0.6 is 23.2 Å². The first-order chi connectivity index (χ1) is 9.79. The number of nitrogens with two attached hydrogens (primary N) is 1. The zero-order valence-corrected chi connectivity index (χ0v) is 13.5. The normalized spacial score (nSPS) is 11.0. The molecule has 2 nitrogen and oxygen atoms in total. The lowest BCUT2D eigenvalue weighted by molar-refractivity contribution is 0.478. The van der Waals surface area contributed by atoms with Gasteiger partial charge in [0.25, 0.3) is 0 Å². The molecule has 21 heavy (non-hydrogen) atoms. The van der Waals surface area contributed by atoms with Crippen LogP contribution in [0.2, 0.25) is 10.0 Å². The standard InChI is InChI=1S/C16H16Cl2FNO/c1-8(2)10-5-15(9(3)4-11(10)17)21-16-6-12(18)13(19)7-14(16)20/h4-8H,20H2,1-3H3. The highest BCUT2D eigenvalue weighted by Crippen LogP contribution is 2.37. The molecule has 0 atom stereocenters. The second-order valence-corrected chi connectivity index (χ2v) is 6.01. The first kappa shape index (κ1) is 15.9. The molecule has 0 radical (unpaired) electrons. The van der Waals surface area contributed by atoms with E-state index in [1.54, 1.807) is 0 Å². The predicted octanol–water partition coefficient (Wildman–Crippen LogP) is 5.94. The lowest BCUT2D eigenvalue weighted by Gasteiger charge is -2.15. The Labute approximate surface area is 133 Å². The summed E-state index contributed by atoms with van der Waals surface area (Å²) in [6.07, 6.45) is 0. The number of anilines is 1. The van der Waals surface area contributed by atoms with E-state index in [4.69, 9.17) is 33.7 Å². The van der Waals surface area contributed by atoms with Crippen LogP contribution in [0, 0.1) is 12.7 Å². The quantitative estimate of drug-likeness (QED) is 0.708. The van der Waals surface area contributed by atoms with Gasteiger partial charge in [0.2, 0.25) is 0 Å².